The second kappa shape index (κ2) is 9.96. The predicted octanol–water partition coefficient (Wildman–Crippen LogP) is 4.28. The number of nitrogens with one attached hydrogen (secondary N) is 1. The predicted molar refractivity (Wildman–Crippen MR) is 130 cm³/mol. The number of carbonyl (C=O) groups excluding carboxylic acids is 1. The van der Waals surface area contributed by atoms with E-state index < -0.39 is 5.25 Å². The van der Waals surface area contributed by atoms with Crippen LogP contribution < -0.4 is 14.8 Å². The van der Waals surface area contributed by atoms with Crippen LogP contribution in [-0.2, 0) is 11.3 Å². The number of carbonyl (C=O) groups is 1. The summed E-state index contributed by atoms with van der Waals surface area (Å²) in [6.07, 6.45) is 3.49. The fourth-order valence-corrected chi connectivity index (χ4v) is 4.42. The summed E-state index contributed by atoms with van der Waals surface area (Å²) in [7, 11) is 0. The first-order valence-corrected chi connectivity index (χ1v) is 11.8. The van der Waals surface area contributed by atoms with E-state index in [1.807, 2.05) is 41.8 Å². The Kier molecular flexibility index (Phi) is 6.44. The first-order chi connectivity index (χ1) is 16.7. The van der Waals surface area contributed by atoms with Crippen molar-refractivity contribution in [2.45, 2.75) is 23.9 Å². The van der Waals surface area contributed by atoms with Gasteiger partial charge in [0.2, 0.25) is 5.91 Å². The van der Waals surface area contributed by atoms with E-state index >= 15 is 0 Å². The minimum atomic E-state index is -0.409. The molecule has 2 aromatic carbocycles. The third kappa shape index (κ3) is 4.89. The maximum atomic E-state index is 13.0. The SMILES string of the molecule is C[C@@H](Sc1nnc(-c2cccnc2)n1Cc1ccccc1)C(=O)Nc1ccc2c(c1)OCCO2. The summed E-state index contributed by atoms with van der Waals surface area (Å²) in [6.45, 7) is 3.45. The Morgan fingerprint density at radius 2 is 1.88 bits per heavy atom. The molecule has 1 aliphatic heterocycles. The molecule has 0 fully saturated rings. The summed E-state index contributed by atoms with van der Waals surface area (Å²) in [4.78, 5) is 17.2. The molecular weight excluding hydrogens is 450 g/mol. The van der Waals surface area contributed by atoms with Gasteiger partial charge in [0, 0.05) is 29.7 Å². The molecule has 8 nitrogen and oxygen atoms in total. The first-order valence-electron chi connectivity index (χ1n) is 10.9. The van der Waals surface area contributed by atoms with Crippen LogP contribution in [0.2, 0.25) is 0 Å². The molecular formula is C25H23N5O3S. The fraction of sp³-hybridized carbons (Fsp3) is 0.200. The molecule has 34 heavy (non-hydrogen) atoms. The second-order valence-corrected chi connectivity index (χ2v) is 9.04. The van der Waals surface area contributed by atoms with Crippen molar-refractivity contribution in [3.63, 3.8) is 0 Å². The highest BCUT2D eigenvalue weighted by atomic mass is 32.2. The first kappa shape index (κ1) is 22.0. The number of hydrogen-bond donors (Lipinski definition) is 1. The molecule has 0 spiro atoms. The summed E-state index contributed by atoms with van der Waals surface area (Å²) in [5.74, 6) is 1.88. The summed E-state index contributed by atoms with van der Waals surface area (Å²) in [5, 5.41) is 12.0. The highest BCUT2D eigenvalue weighted by Gasteiger charge is 2.22. The zero-order chi connectivity index (χ0) is 23.3. The van der Waals surface area contributed by atoms with E-state index in [1.54, 1.807) is 30.6 Å². The average molecular weight is 474 g/mol. The highest BCUT2D eigenvalue weighted by Crippen LogP contribution is 2.33. The summed E-state index contributed by atoms with van der Waals surface area (Å²) in [5.41, 5.74) is 2.64. The number of aromatic nitrogens is 4. The van der Waals surface area contributed by atoms with Crippen LogP contribution in [0.1, 0.15) is 12.5 Å². The van der Waals surface area contributed by atoms with Gasteiger partial charge in [0.25, 0.3) is 0 Å². The smallest absolute Gasteiger partial charge is 0.237 e. The lowest BCUT2D eigenvalue weighted by Gasteiger charge is -2.19. The van der Waals surface area contributed by atoms with Crippen molar-refractivity contribution >= 4 is 23.4 Å². The number of benzene rings is 2. The Morgan fingerprint density at radius 3 is 2.68 bits per heavy atom. The zero-order valence-corrected chi connectivity index (χ0v) is 19.4. The molecule has 0 saturated carbocycles. The number of rotatable bonds is 7. The molecule has 3 heterocycles. The topological polar surface area (TPSA) is 91.2 Å². The molecule has 4 aromatic rings. The van der Waals surface area contributed by atoms with Crippen molar-refractivity contribution in [3.8, 4) is 22.9 Å². The van der Waals surface area contributed by atoms with Gasteiger partial charge in [-0.3, -0.25) is 14.3 Å². The van der Waals surface area contributed by atoms with Gasteiger partial charge in [0.05, 0.1) is 11.8 Å². The monoisotopic (exact) mass is 473 g/mol. The Bertz CT molecular complexity index is 1280. The molecule has 1 amide bonds. The molecule has 1 N–H and O–H groups in total. The van der Waals surface area contributed by atoms with Gasteiger partial charge < -0.3 is 14.8 Å². The molecule has 1 atom stereocenters. The van der Waals surface area contributed by atoms with Gasteiger partial charge >= 0.3 is 0 Å². The van der Waals surface area contributed by atoms with E-state index in [9.17, 15) is 4.79 Å². The normalized spacial score (nSPS) is 13.3. The number of hydrogen-bond acceptors (Lipinski definition) is 7. The standard InChI is InChI=1S/C25H23N5O3S/c1-17(24(31)27-20-9-10-21-22(14-20)33-13-12-32-21)34-25-29-28-23(19-8-5-11-26-15-19)30(25)16-18-6-3-2-4-7-18/h2-11,14-15,17H,12-13,16H2,1H3,(H,27,31)/t17-/m1/s1. The third-order valence-corrected chi connectivity index (χ3v) is 6.36. The van der Waals surface area contributed by atoms with E-state index in [-0.39, 0.29) is 5.91 Å². The van der Waals surface area contributed by atoms with E-state index in [0.29, 0.717) is 47.9 Å². The number of anilines is 1. The lowest BCUT2D eigenvalue weighted by molar-refractivity contribution is -0.115. The van der Waals surface area contributed by atoms with E-state index in [0.717, 1.165) is 11.1 Å². The van der Waals surface area contributed by atoms with Crippen molar-refractivity contribution in [2.24, 2.45) is 0 Å². The van der Waals surface area contributed by atoms with Gasteiger partial charge in [-0.2, -0.15) is 0 Å². The maximum absolute atomic E-state index is 13.0. The van der Waals surface area contributed by atoms with Crippen molar-refractivity contribution in [1.82, 2.24) is 19.7 Å². The maximum Gasteiger partial charge on any atom is 0.237 e. The van der Waals surface area contributed by atoms with Crippen molar-refractivity contribution in [2.75, 3.05) is 18.5 Å². The van der Waals surface area contributed by atoms with Crippen LogP contribution in [0.4, 0.5) is 5.69 Å². The number of amides is 1. The minimum Gasteiger partial charge on any atom is -0.486 e. The van der Waals surface area contributed by atoms with Crippen LogP contribution in [0.25, 0.3) is 11.4 Å². The average Bonchev–Trinajstić information content (AvgIpc) is 3.26. The lowest BCUT2D eigenvalue weighted by atomic mass is 10.2. The highest BCUT2D eigenvalue weighted by molar-refractivity contribution is 8.00. The Balaban J connectivity index is 1.35. The van der Waals surface area contributed by atoms with Crippen LogP contribution >= 0.6 is 11.8 Å². The van der Waals surface area contributed by atoms with Crippen LogP contribution in [0, 0.1) is 0 Å². The largest absolute Gasteiger partial charge is 0.486 e. The molecule has 5 rings (SSSR count). The molecule has 9 heteroatoms. The molecule has 0 bridgehead atoms. The van der Waals surface area contributed by atoms with Gasteiger partial charge in [-0.15, -0.1) is 10.2 Å². The lowest BCUT2D eigenvalue weighted by Crippen LogP contribution is -2.23. The molecule has 0 radical (unpaired) electrons. The number of thioether (sulfide) groups is 1. The van der Waals surface area contributed by atoms with Gasteiger partial charge in [-0.1, -0.05) is 42.1 Å². The Labute approximate surface area is 201 Å². The van der Waals surface area contributed by atoms with E-state index in [4.69, 9.17) is 9.47 Å². The summed E-state index contributed by atoms with van der Waals surface area (Å²) >= 11 is 1.36. The number of nitrogens with zero attached hydrogens (tertiary/aromatic N) is 4. The molecule has 172 valence electrons. The van der Waals surface area contributed by atoms with E-state index in [1.165, 1.54) is 11.8 Å². The third-order valence-electron chi connectivity index (χ3n) is 5.28. The quantitative estimate of drug-likeness (QED) is 0.401. The van der Waals surface area contributed by atoms with Gasteiger partial charge in [-0.05, 0) is 36.8 Å². The van der Waals surface area contributed by atoms with Crippen LogP contribution in [0.5, 0.6) is 11.5 Å². The Hall–Kier alpha value is -3.85. The van der Waals surface area contributed by atoms with Crippen LogP contribution in [0.15, 0.2) is 78.2 Å². The Morgan fingerprint density at radius 1 is 1.06 bits per heavy atom. The van der Waals surface area contributed by atoms with Gasteiger partial charge in [0.15, 0.2) is 22.5 Å². The van der Waals surface area contributed by atoms with Crippen molar-refractivity contribution in [3.05, 3.63) is 78.6 Å². The summed E-state index contributed by atoms with van der Waals surface area (Å²) in [6, 6.07) is 19.3. The van der Waals surface area contributed by atoms with Crippen LogP contribution in [-0.4, -0.2) is 44.1 Å². The molecule has 2 aromatic heterocycles. The van der Waals surface area contributed by atoms with Crippen molar-refractivity contribution < 1.29 is 14.3 Å². The molecule has 1 aliphatic rings. The van der Waals surface area contributed by atoms with Crippen molar-refractivity contribution in [1.29, 1.82) is 0 Å². The molecule has 0 unspecified atom stereocenters. The van der Waals surface area contributed by atoms with Crippen LogP contribution in [0.3, 0.4) is 0 Å². The number of pyridine rings is 1. The van der Waals surface area contributed by atoms with Gasteiger partial charge in [-0.25, -0.2) is 0 Å². The number of fused-ring (bicyclic) bond motifs is 1. The summed E-state index contributed by atoms with van der Waals surface area (Å²) < 4.78 is 13.2. The second-order valence-electron chi connectivity index (χ2n) is 7.73. The number of ether oxygens (including phenoxy) is 2. The molecule has 0 saturated heterocycles. The molecule has 0 aliphatic carbocycles. The zero-order valence-electron chi connectivity index (χ0n) is 18.5. The van der Waals surface area contributed by atoms with Gasteiger partial charge in [0.1, 0.15) is 13.2 Å². The minimum absolute atomic E-state index is 0.140. The van der Waals surface area contributed by atoms with E-state index in [2.05, 4.69) is 32.6 Å². The fourth-order valence-electron chi connectivity index (χ4n) is 3.57.